The zero-order chi connectivity index (χ0) is 26.9. The first-order valence-corrected chi connectivity index (χ1v) is 13.7. The number of nitrogens with zero attached hydrogens (tertiary/aromatic N) is 7. The Labute approximate surface area is 227 Å². The van der Waals surface area contributed by atoms with E-state index in [1.165, 1.54) is 5.56 Å². The predicted octanol–water partition coefficient (Wildman–Crippen LogP) is 3.46. The lowest BCUT2D eigenvalue weighted by atomic mass is 9.89. The van der Waals surface area contributed by atoms with Crippen LogP contribution < -0.4 is 0 Å². The fourth-order valence-corrected chi connectivity index (χ4v) is 5.52. The highest BCUT2D eigenvalue weighted by molar-refractivity contribution is 5.78. The average molecular weight is 530 g/mol. The van der Waals surface area contributed by atoms with Crippen molar-refractivity contribution in [2.24, 2.45) is 5.92 Å². The number of hydrogen-bond acceptors (Lipinski definition) is 8. The summed E-state index contributed by atoms with van der Waals surface area (Å²) in [4.78, 5) is 14.3. The van der Waals surface area contributed by atoms with E-state index < -0.39 is 6.10 Å². The highest BCUT2D eigenvalue weighted by atomic mass is 16.3. The zero-order valence-electron chi connectivity index (χ0n) is 22.0. The lowest BCUT2D eigenvalue weighted by molar-refractivity contribution is -0.130. The molecule has 1 saturated heterocycles. The molecule has 11 heteroatoms. The molecule has 4 aromatic rings. The van der Waals surface area contributed by atoms with E-state index in [9.17, 15) is 9.90 Å². The van der Waals surface area contributed by atoms with Gasteiger partial charge in [0.05, 0.1) is 12.1 Å². The Morgan fingerprint density at radius 3 is 2.44 bits per heavy atom. The van der Waals surface area contributed by atoms with E-state index in [1.54, 1.807) is 0 Å². The van der Waals surface area contributed by atoms with Gasteiger partial charge in [0.2, 0.25) is 5.91 Å². The summed E-state index contributed by atoms with van der Waals surface area (Å²) in [6.07, 6.45) is 6.32. The minimum absolute atomic E-state index is 0.146. The number of nitrogens with one attached hydrogen (secondary N) is 2. The van der Waals surface area contributed by atoms with Gasteiger partial charge < -0.3 is 10.0 Å². The molecular formula is C28H35N9O2. The molecule has 0 radical (unpaired) electrons. The third-order valence-electron chi connectivity index (χ3n) is 7.51. The van der Waals surface area contributed by atoms with Crippen molar-refractivity contribution in [2.45, 2.75) is 69.9 Å². The molecule has 0 bridgehead atoms. The Balaban J connectivity index is 1.17. The molecule has 0 aliphatic carbocycles. The van der Waals surface area contributed by atoms with Crippen LogP contribution in [0.25, 0.3) is 11.1 Å². The topological polar surface area (TPSA) is 149 Å². The molecule has 5 rings (SSSR count). The smallest absolute Gasteiger partial charge is 0.223 e. The van der Waals surface area contributed by atoms with Gasteiger partial charge in [-0.1, -0.05) is 71.4 Å². The van der Waals surface area contributed by atoms with Gasteiger partial charge in [-0.05, 0) is 61.1 Å². The van der Waals surface area contributed by atoms with E-state index in [-0.39, 0.29) is 17.9 Å². The number of carbonyl (C=O) groups excluding carboxylic acids is 1. The van der Waals surface area contributed by atoms with Crippen molar-refractivity contribution in [2.75, 3.05) is 6.54 Å². The molecule has 0 saturated carbocycles. The number of hydrogen-bond donors (Lipinski definition) is 3. The number of carbonyl (C=O) groups is 1. The van der Waals surface area contributed by atoms with E-state index in [0.717, 1.165) is 49.8 Å². The predicted molar refractivity (Wildman–Crippen MR) is 144 cm³/mol. The van der Waals surface area contributed by atoms with Crippen molar-refractivity contribution in [1.29, 1.82) is 0 Å². The van der Waals surface area contributed by atoms with Gasteiger partial charge in [0.25, 0.3) is 0 Å². The minimum Gasteiger partial charge on any atom is -0.393 e. The molecule has 3 N–H and O–H groups in total. The normalized spacial score (nSPS) is 15.9. The van der Waals surface area contributed by atoms with E-state index in [2.05, 4.69) is 77.6 Å². The van der Waals surface area contributed by atoms with Crippen molar-refractivity contribution < 1.29 is 9.90 Å². The molecule has 3 unspecified atom stereocenters. The zero-order valence-corrected chi connectivity index (χ0v) is 22.0. The molecule has 39 heavy (non-hydrogen) atoms. The van der Waals surface area contributed by atoms with Crippen LogP contribution >= 0.6 is 0 Å². The molecule has 1 aliphatic rings. The van der Waals surface area contributed by atoms with E-state index >= 15 is 0 Å². The molecule has 2 aromatic carbocycles. The highest BCUT2D eigenvalue weighted by Crippen LogP contribution is 2.30. The van der Waals surface area contributed by atoms with E-state index in [1.807, 2.05) is 23.1 Å². The van der Waals surface area contributed by atoms with Gasteiger partial charge in [0.15, 0.2) is 11.6 Å². The average Bonchev–Trinajstić information content (AvgIpc) is 3.75. The Morgan fingerprint density at radius 1 is 0.872 bits per heavy atom. The van der Waals surface area contributed by atoms with Crippen LogP contribution in [0.2, 0.25) is 0 Å². The number of aromatic nitrogens is 8. The van der Waals surface area contributed by atoms with Crippen LogP contribution in [-0.4, -0.2) is 69.8 Å². The first-order valence-electron chi connectivity index (χ1n) is 13.7. The summed E-state index contributed by atoms with van der Waals surface area (Å²) >= 11 is 0. The maximum atomic E-state index is 12.4. The fraction of sp³-hybridized carbons (Fsp3) is 0.464. The maximum absolute atomic E-state index is 12.4. The van der Waals surface area contributed by atoms with Crippen LogP contribution in [0.5, 0.6) is 0 Å². The Morgan fingerprint density at radius 2 is 1.69 bits per heavy atom. The number of benzene rings is 2. The van der Waals surface area contributed by atoms with Crippen LogP contribution in [0.3, 0.4) is 0 Å². The van der Waals surface area contributed by atoms with Gasteiger partial charge in [0.1, 0.15) is 0 Å². The van der Waals surface area contributed by atoms with Crippen molar-refractivity contribution in [3.63, 3.8) is 0 Å². The van der Waals surface area contributed by atoms with Crippen LogP contribution in [0, 0.1) is 5.92 Å². The molecule has 1 aliphatic heterocycles. The van der Waals surface area contributed by atoms with Gasteiger partial charge >= 0.3 is 0 Å². The standard InChI is InChI=1S/C28H35N9O2/c38-24(18-21-8-4-11-23(17-21)22-9-2-1-3-10-22)15-14-20(19-26-29-33-34-30-26)7-5-12-25(28-31-35-36-32-28)37-16-6-13-27(37)39/h1-4,8-11,17,20,24-25,38H,5-7,12-16,18-19H2,(H,29,30,33,34)(H,31,32,35,36). The summed E-state index contributed by atoms with van der Waals surface area (Å²) < 4.78 is 0. The van der Waals surface area contributed by atoms with Crippen molar-refractivity contribution in [3.8, 4) is 11.1 Å². The second-order valence-electron chi connectivity index (χ2n) is 10.3. The number of H-pyrrole nitrogens is 2. The number of amides is 1. The SMILES string of the molecule is O=C1CCCN1C(CCCC(CCC(O)Cc1cccc(-c2ccccc2)c1)Cc1nn[nH]n1)c1nn[nH]n1. The second-order valence-corrected chi connectivity index (χ2v) is 10.3. The van der Waals surface area contributed by atoms with Crippen molar-refractivity contribution in [1.82, 2.24) is 46.1 Å². The van der Waals surface area contributed by atoms with Crippen LogP contribution in [0.1, 0.15) is 68.2 Å². The molecular weight excluding hydrogens is 494 g/mol. The van der Waals surface area contributed by atoms with Crippen molar-refractivity contribution >= 4 is 5.91 Å². The van der Waals surface area contributed by atoms with Crippen LogP contribution in [-0.2, 0) is 17.6 Å². The molecule has 3 atom stereocenters. The maximum Gasteiger partial charge on any atom is 0.223 e. The number of likely N-dealkylation sites (tertiary alicyclic amines) is 1. The molecule has 2 aromatic heterocycles. The summed E-state index contributed by atoms with van der Waals surface area (Å²) in [5.74, 6) is 1.66. The molecule has 3 heterocycles. The van der Waals surface area contributed by atoms with Crippen LogP contribution in [0.15, 0.2) is 54.6 Å². The first-order chi connectivity index (χ1) is 19.2. The summed E-state index contributed by atoms with van der Waals surface area (Å²) in [6, 6.07) is 18.5. The lowest BCUT2D eigenvalue weighted by Gasteiger charge is -2.26. The number of aromatic amines is 2. The quantitative estimate of drug-likeness (QED) is 0.225. The van der Waals surface area contributed by atoms with Gasteiger partial charge in [-0.3, -0.25) is 4.79 Å². The summed E-state index contributed by atoms with van der Waals surface area (Å²) in [5.41, 5.74) is 3.45. The Bertz CT molecular complexity index is 1280. The third kappa shape index (κ3) is 7.32. The van der Waals surface area contributed by atoms with Gasteiger partial charge in [-0.2, -0.15) is 10.4 Å². The number of aliphatic hydroxyl groups is 1. The Kier molecular flexibility index (Phi) is 9.00. The monoisotopic (exact) mass is 529 g/mol. The summed E-state index contributed by atoms with van der Waals surface area (Å²) in [7, 11) is 0. The highest BCUT2D eigenvalue weighted by Gasteiger charge is 2.31. The largest absolute Gasteiger partial charge is 0.393 e. The molecule has 1 amide bonds. The number of tetrazole rings is 2. The molecule has 0 spiro atoms. The number of rotatable bonds is 14. The third-order valence-corrected chi connectivity index (χ3v) is 7.51. The van der Waals surface area contributed by atoms with Crippen LogP contribution in [0.4, 0.5) is 0 Å². The van der Waals surface area contributed by atoms with E-state index in [4.69, 9.17) is 0 Å². The summed E-state index contributed by atoms with van der Waals surface area (Å²) in [5, 5.41) is 40.0. The first kappa shape index (κ1) is 26.6. The van der Waals surface area contributed by atoms with Gasteiger partial charge in [-0.25, -0.2) is 0 Å². The molecule has 204 valence electrons. The minimum atomic E-state index is -0.446. The van der Waals surface area contributed by atoms with E-state index in [0.29, 0.717) is 37.3 Å². The number of aliphatic hydroxyl groups excluding tert-OH is 1. The molecule has 11 nitrogen and oxygen atoms in total. The summed E-state index contributed by atoms with van der Waals surface area (Å²) in [6.45, 7) is 0.724. The second kappa shape index (κ2) is 13.2. The fourth-order valence-electron chi connectivity index (χ4n) is 5.52. The van der Waals surface area contributed by atoms with Gasteiger partial charge in [-0.15, -0.1) is 20.4 Å². The lowest BCUT2D eigenvalue weighted by Crippen LogP contribution is -2.30. The van der Waals surface area contributed by atoms with Crippen molar-refractivity contribution in [3.05, 3.63) is 71.8 Å². The Hall–Kier alpha value is -3.99. The van der Waals surface area contributed by atoms with Gasteiger partial charge in [0, 0.05) is 19.4 Å². The molecule has 1 fully saturated rings.